The van der Waals surface area contributed by atoms with Crippen molar-refractivity contribution in [1.82, 2.24) is 0 Å². The van der Waals surface area contributed by atoms with Crippen LogP contribution in [0.1, 0.15) is 11.1 Å². The number of hydrogen-bond acceptors (Lipinski definition) is 4. The molecule has 3 aromatic carbocycles. The highest BCUT2D eigenvalue weighted by atomic mass is 32.3. The molecule has 0 saturated heterocycles. The van der Waals surface area contributed by atoms with Crippen molar-refractivity contribution in [1.29, 1.82) is 0 Å². The second kappa shape index (κ2) is 7.76. The van der Waals surface area contributed by atoms with Crippen LogP contribution < -0.4 is 0 Å². The molecule has 3 rings (SSSR count). The lowest BCUT2D eigenvalue weighted by atomic mass is 10.2. The highest BCUT2D eigenvalue weighted by molar-refractivity contribution is 8.32. The monoisotopic (exact) mass is 402 g/mol. The van der Waals surface area contributed by atoms with Crippen LogP contribution in [-0.4, -0.2) is 19.8 Å². The lowest BCUT2D eigenvalue weighted by molar-refractivity contribution is 0.475. The topological polar surface area (TPSA) is 63.6 Å². The molecule has 0 aliphatic carbocycles. The van der Waals surface area contributed by atoms with E-state index in [1.165, 1.54) is 0 Å². The number of phenols is 1. The predicted molar refractivity (Wildman–Crippen MR) is 109 cm³/mol. The fourth-order valence-electron chi connectivity index (χ4n) is 2.84. The van der Waals surface area contributed by atoms with Gasteiger partial charge in [0.2, 0.25) is 0 Å². The van der Waals surface area contributed by atoms with Crippen molar-refractivity contribution < 1.29 is 17.2 Å². The van der Waals surface area contributed by atoms with Gasteiger partial charge in [-0.2, -0.15) is 8.42 Å². The van der Waals surface area contributed by atoms with Gasteiger partial charge in [-0.05, 0) is 54.6 Å². The molecule has 1 N–H and O–H groups in total. The molecule has 4 nitrogen and oxygen atoms in total. The first-order valence-electron chi connectivity index (χ1n) is 8.41. The van der Waals surface area contributed by atoms with E-state index in [2.05, 4.69) is 0 Å². The van der Waals surface area contributed by atoms with Gasteiger partial charge in [0.1, 0.15) is 5.75 Å². The Morgan fingerprint density at radius 2 is 1.44 bits per heavy atom. The summed E-state index contributed by atoms with van der Waals surface area (Å²) in [5.74, 6) is 0.575. The second-order valence-corrected chi connectivity index (χ2v) is 11.1. The Morgan fingerprint density at radius 1 is 0.852 bits per heavy atom. The molecule has 0 amide bonds. The van der Waals surface area contributed by atoms with Crippen molar-refractivity contribution >= 4 is 20.4 Å². The van der Waals surface area contributed by atoms with Gasteiger partial charge in [-0.15, -0.1) is 0 Å². The van der Waals surface area contributed by atoms with E-state index in [9.17, 15) is 13.5 Å². The van der Waals surface area contributed by atoms with E-state index in [1.807, 2.05) is 36.6 Å². The van der Waals surface area contributed by atoms with Crippen molar-refractivity contribution in [2.45, 2.75) is 22.5 Å². The average molecular weight is 403 g/mol. The van der Waals surface area contributed by atoms with Crippen molar-refractivity contribution in [2.75, 3.05) is 6.26 Å². The third-order valence-electron chi connectivity index (χ3n) is 4.22. The minimum absolute atomic E-state index is 0.127. The molecule has 0 aliphatic heterocycles. The summed E-state index contributed by atoms with van der Waals surface area (Å²) in [7, 11) is -6.16. The molecule has 0 saturated carbocycles. The van der Waals surface area contributed by atoms with E-state index >= 15 is 0 Å². The quantitative estimate of drug-likeness (QED) is 0.629. The smallest absolute Gasteiger partial charge is 0.306 e. The van der Waals surface area contributed by atoms with Gasteiger partial charge in [0.15, 0.2) is 0 Å². The Labute approximate surface area is 162 Å². The second-order valence-electron chi connectivity index (χ2n) is 6.42. The molecular weight excluding hydrogens is 380 g/mol. The van der Waals surface area contributed by atoms with Crippen molar-refractivity contribution in [3.8, 4) is 5.75 Å². The van der Waals surface area contributed by atoms with Gasteiger partial charge in [0.25, 0.3) is 0 Å². The number of benzene rings is 3. The molecule has 0 spiro atoms. The van der Waals surface area contributed by atoms with E-state index in [-0.39, 0.29) is 10.6 Å². The van der Waals surface area contributed by atoms with Crippen LogP contribution in [-0.2, 0) is 19.5 Å². The standard InChI is InChI=1S/C21H22O4S2/c1-17-8-6-7-11-21(17)27(23,24)25-26(2,16-18-9-4-3-5-10-18)20-14-12-19(22)13-15-20/h3-15,22H,16H2,1-2H3. The lowest BCUT2D eigenvalue weighted by Crippen LogP contribution is -2.14. The molecule has 3 aromatic rings. The van der Waals surface area contributed by atoms with E-state index < -0.39 is 20.4 Å². The first-order valence-corrected chi connectivity index (χ1v) is 12.0. The molecule has 27 heavy (non-hydrogen) atoms. The zero-order valence-corrected chi connectivity index (χ0v) is 16.8. The van der Waals surface area contributed by atoms with Crippen LogP contribution in [0.4, 0.5) is 0 Å². The molecule has 0 radical (unpaired) electrons. The van der Waals surface area contributed by atoms with Crippen molar-refractivity contribution in [3.63, 3.8) is 0 Å². The van der Waals surface area contributed by atoms with Crippen LogP contribution in [0.25, 0.3) is 0 Å². The Hall–Kier alpha value is -2.28. The number of phenolic OH excluding ortho intramolecular Hbond substituents is 1. The van der Waals surface area contributed by atoms with Crippen LogP contribution in [0.3, 0.4) is 0 Å². The SMILES string of the molecule is Cc1ccccc1S(=O)(=O)OS(C)(Cc1ccccc1)c1ccc(O)cc1. The zero-order valence-electron chi connectivity index (χ0n) is 15.2. The fourth-order valence-corrected chi connectivity index (χ4v) is 7.64. The molecule has 0 heterocycles. The Bertz CT molecular complexity index is 1020. The van der Waals surface area contributed by atoms with Crippen LogP contribution in [0.2, 0.25) is 0 Å². The Balaban J connectivity index is 2.04. The summed E-state index contributed by atoms with van der Waals surface area (Å²) >= 11 is 0. The van der Waals surface area contributed by atoms with Crippen LogP contribution in [0.15, 0.2) is 88.7 Å². The largest absolute Gasteiger partial charge is 0.508 e. The van der Waals surface area contributed by atoms with Gasteiger partial charge in [-0.25, -0.2) is 3.63 Å². The summed E-state index contributed by atoms with van der Waals surface area (Å²) in [5, 5.41) is 9.61. The Kier molecular flexibility index (Phi) is 5.60. The molecular formula is C21H22O4S2. The summed E-state index contributed by atoms with van der Waals surface area (Å²) in [6.45, 7) is 1.75. The molecule has 142 valence electrons. The highest BCUT2D eigenvalue weighted by Gasteiger charge is 2.31. The molecule has 0 aromatic heterocycles. The summed E-state index contributed by atoms with van der Waals surface area (Å²) in [4.78, 5) is 0.928. The van der Waals surface area contributed by atoms with Gasteiger partial charge < -0.3 is 5.11 Å². The van der Waals surface area contributed by atoms with Gasteiger partial charge in [-0.3, -0.25) is 0 Å². The van der Waals surface area contributed by atoms with E-state index in [0.717, 1.165) is 10.5 Å². The summed E-state index contributed by atoms with van der Waals surface area (Å²) in [5.41, 5.74) is 1.63. The van der Waals surface area contributed by atoms with Crippen LogP contribution in [0.5, 0.6) is 5.75 Å². The van der Waals surface area contributed by atoms with Gasteiger partial charge in [0.05, 0.1) is 4.90 Å². The molecule has 6 heteroatoms. The Morgan fingerprint density at radius 3 is 2.07 bits per heavy atom. The number of rotatable bonds is 6. The van der Waals surface area contributed by atoms with Gasteiger partial charge in [0, 0.05) is 10.6 Å². The molecule has 1 unspecified atom stereocenters. The number of hydrogen-bond donors (Lipinski definition) is 1. The highest BCUT2D eigenvalue weighted by Crippen LogP contribution is 2.58. The first-order chi connectivity index (χ1) is 12.8. The first kappa shape index (κ1) is 19.5. The van der Waals surface area contributed by atoms with Gasteiger partial charge in [-0.1, -0.05) is 58.8 Å². The minimum atomic E-state index is -3.95. The average Bonchev–Trinajstić information content (AvgIpc) is 2.62. The third-order valence-corrected chi connectivity index (χ3v) is 9.29. The van der Waals surface area contributed by atoms with E-state index in [1.54, 1.807) is 55.5 Å². The lowest BCUT2D eigenvalue weighted by Gasteiger charge is -2.35. The minimum Gasteiger partial charge on any atom is -0.508 e. The molecule has 0 bridgehead atoms. The normalized spacial score (nSPS) is 15.0. The molecule has 1 atom stereocenters. The number of aryl methyl sites for hydroxylation is 1. The maximum absolute atomic E-state index is 13.0. The fraction of sp³-hybridized carbons (Fsp3) is 0.143. The molecule has 0 aliphatic rings. The summed E-state index contributed by atoms with van der Waals surface area (Å²) in [6.07, 6.45) is 1.84. The summed E-state index contributed by atoms with van der Waals surface area (Å²) in [6, 6.07) is 23.0. The predicted octanol–water partition coefficient (Wildman–Crippen LogP) is 5.01. The maximum atomic E-state index is 13.0. The third kappa shape index (κ3) is 4.53. The van der Waals surface area contributed by atoms with Crippen LogP contribution >= 0.6 is 10.3 Å². The van der Waals surface area contributed by atoms with Gasteiger partial charge >= 0.3 is 10.1 Å². The van der Waals surface area contributed by atoms with Crippen molar-refractivity contribution in [3.05, 3.63) is 90.0 Å². The number of aromatic hydroxyl groups is 1. The van der Waals surface area contributed by atoms with E-state index in [4.69, 9.17) is 3.63 Å². The molecule has 0 fully saturated rings. The maximum Gasteiger partial charge on any atom is 0.306 e. The zero-order chi connectivity index (χ0) is 19.5. The van der Waals surface area contributed by atoms with Crippen LogP contribution in [0, 0.1) is 6.92 Å². The van der Waals surface area contributed by atoms with E-state index in [0.29, 0.717) is 11.3 Å². The van der Waals surface area contributed by atoms with Crippen molar-refractivity contribution in [2.24, 2.45) is 0 Å². The summed E-state index contributed by atoms with van der Waals surface area (Å²) < 4.78 is 32.0.